The van der Waals surface area contributed by atoms with E-state index in [0.717, 1.165) is 0 Å². The maximum Gasteiger partial charge on any atom is 0.174 e. The van der Waals surface area contributed by atoms with E-state index in [1.165, 1.54) is 6.07 Å². The number of allylic oxidation sites excluding steroid dienone is 2. The van der Waals surface area contributed by atoms with E-state index < -0.39 is 0 Å². The van der Waals surface area contributed by atoms with Crippen molar-refractivity contribution in [2.75, 3.05) is 0 Å². The summed E-state index contributed by atoms with van der Waals surface area (Å²) in [5.74, 6) is 0.0570. The second-order valence-corrected chi connectivity index (χ2v) is 3.20. The lowest BCUT2D eigenvalue weighted by molar-refractivity contribution is 0.474. The molecule has 0 spiro atoms. The van der Waals surface area contributed by atoms with Gasteiger partial charge in [0.15, 0.2) is 5.70 Å². The summed E-state index contributed by atoms with van der Waals surface area (Å²) in [4.78, 5) is 3.92. The third kappa shape index (κ3) is 2.83. The lowest BCUT2D eigenvalue weighted by atomic mass is 10.1. The lowest BCUT2D eigenvalue weighted by Gasteiger charge is -2.03. The van der Waals surface area contributed by atoms with Crippen LogP contribution < -0.4 is 5.73 Å². The SMILES string of the molecule is CC(=NC(C#N)=C(N)C#N)c1ccccc1O. The maximum absolute atomic E-state index is 9.59. The van der Waals surface area contributed by atoms with Crippen molar-refractivity contribution >= 4 is 5.71 Å². The molecule has 0 unspecified atom stereocenters. The van der Waals surface area contributed by atoms with Crippen LogP contribution in [0.2, 0.25) is 0 Å². The van der Waals surface area contributed by atoms with Gasteiger partial charge in [0.25, 0.3) is 0 Å². The number of rotatable bonds is 2. The van der Waals surface area contributed by atoms with Crippen LogP contribution in [0, 0.1) is 22.7 Å². The Morgan fingerprint density at radius 2 is 1.94 bits per heavy atom. The fraction of sp³-hybridized carbons (Fsp3) is 0.0833. The zero-order valence-corrected chi connectivity index (χ0v) is 9.18. The maximum atomic E-state index is 9.59. The van der Waals surface area contributed by atoms with Crippen molar-refractivity contribution in [2.45, 2.75) is 6.92 Å². The van der Waals surface area contributed by atoms with Crippen LogP contribution in [0.4, 0.5) is 0 Å². The molecule has 5 nitrogen and oxygen atoms in total. The fourth-order valence-electron chi connectivity index (χ4n) is 1.21. The average molecular weight is 226 g/mol. The second kappa shape index (κ2) is 5.34. The van der Waals surface area contributed by atoms with Gasteiger partial charge in [-0.05, 0) is 19.1 Å². The third-order valence-corrected chi connectivity index (χ3v) is 2.05. The number of aromatic hydroxyl groups is 1. The molecule has 0 radical (unpaired) electrons. The van der Waals surface area contributed by atoms with E-state index in [2.05, 4.69) is 4.99 Å². The molecule has 0 bridgehead atoms. The van der Waals surface area contributed by atoms with Crippen LogP contribution >= 0.6 is 0 Å². The topological polar surface area (TPSA) is 106 Å². The molecule has 17 heavy (non-hydrogen) atoms. The van der Waals surface area contributed by atoms with Crippen LogP contribution in [-0.2, 0) is 0 Å². The minimum Gasteiger partial charge on any atom is -0.507 e. The van der Waals surface area contributed by atoms with Crippen molar-refractivity contribution in [3.63, 3.8) is 0 Å². The minimum atomic E-state index is -0.248. The first-order chi connectivity index (χ1) is 8.10. The first kappa shape index (κ1) is 12.3. The summed E-state index contributed by atoms with van der Waals surface area (Å²) in [5, 5.41) is 26.9. The van der Waals surface area contributed by atoms with E-state index in [1.807, 2.05) is 0 Å². The first-order valence-electron chi connectivity index (χ1n) is 4.73. The van der Waals surface area contributed by atoms with Crippen LogP contribution in [0.15, 0.2) is 40.7 Å². The smallest absolute Gasteiger partial charge is 0.174 e. The summed E-state index contributed by atoms with van der Waals surface area (Å²) in [6, 6.07) is 9.97. The molecule has 84 valence electrons. The summed E-state index contributed by atoms with van der Waals surface area (Å²) >= 11 is 0. The number of hydrogen-bond donors (Lipinski definition) is 2. The quantitative estimate of drug-likeness (QED) is 0.587. The normalized spacial score (nSPS) is 12.3. The van der Waals surface area contributed by atoms with E-state index in [9.17, 15) is 5.11 Å². The molecule has 3 N–H and O–H groups in total. The number of nitrogens with zero attached hydrogens (tertiary/aromatic N) is 3. The monoisotopic (exact) mass is 226 g/mol. The molecule has 0 saturated carbocycles. The first-order valence-corrected chi connectivity index (χ1v) is 4.73. The van der Waals surface area contributed by atoms with Gasteiger partial charge in [0, 0.05) is 11.3 Å². The predicted molar refractivity (Wildman–Crippen MR) is 62.8 cm³/mol. The van der Waals surface area contributed by atoms with Gasteiger partial charge in [-0.2, -0.15) is 10.5 Å². The number of phenols is 1. The molecule has 1 rings (SSSR count). The van der Waals surface area contributed by atoms with E-state index in [4.69, 9.17) is 16.3 Å². The zero-order chi connectivity index (χ0) is 12.8. The molecule has 0 saturated heterocycles. The van der Waals surface area contributed by atoms with Gasteiger partial charge in [-0.15, -0.1) is 0 Å². The molecule has 5 heteroatoms. The molecule has 0 aliphatic heterocycles. The van der Waals surface area contributed by atoms with Gasteiger partial charge >= 0.3 is 0 Å². The van der Waals surface area contributed by atoms with Gasteiger partial charge in [0.1, 0.15) is 23.6 Å². The summed E-state index contributed by atoms with van der Waals surface area (Å²) in [5.41, 5.74) is 5.82. The Hall–Kier alpha value is -2.79. The molecule has 0 heterocycles. The van der Waals surface area contributed by atoms with Gasteiger partial charge in [-0.25, -0.2) is 4.99 Å². The Morgan fingerprint density at radius 1 is 1.29 bits per heavy atom. The van der Waals surface area contributed by atoms with Crippen molar-refractivity contribution in [1.82, 2.24) is 0 Å². The van der Waals surface area contributed by atoms with Crippen molar-refractivity contribution in [2.24, 2.45) is 10.7 Å². The van der Waals surface area contributed by atoms with E-state index in [0.29, 0.717) is 11.3 Å². The molecule has 0 aliphatic rings. The number of benzene rings is 1. The Labute approximate surface area is 98.7 Å². The Kier molecular flexibility index (Phi) is 3.86. The predicted octanol–water partition coefficient (Wildman–Crippen LogP) is 1.42. The molecule has 0 aromatic heterocycles. The van der Waals surface area contributed by atoms with E-state index in [-0.39, 0.29) is 17.1 Å². The standard InChI is InChI=1S/C12H10N4O/c1-8(9-4-2-3-5-12(9)17)16-11(7-14)10(15)6-13/h2-5,17H,15H2,1H3. The summed E-state index contributed by atoms with van der Waals surface area (Å²) < 4.78 is 0. The highest BCUT2D eigenvalue weighted by molar-refractivity contribution is 6.01. The van der Waals surface area contributed by atoms with Crippen molar-refractivity contribution in [3.05, 3.63) is 41.2 Å². The van der Waals surface area contributed by atoms with E-state index in [1.54, 1.807) is 37.3 Å². The molecule has 1 aromatic carbocycles. The molecule has 0 amide bonds. The van der Waals surface area contributed by atoms with Gasteiger partial charge in [0.05, 0.1) is 0 Å². The highest BCUT2D eigenvalue weighted by atomic mass is 16.3. The van der Waals surface area contributed by atoms with Crippen LogP contribution in [0.5, 0.6) is 5.75 Å². The van der Waals surface area contributed by atoms with Gasteiger partial charge in [-0.1, -0.05) is 12.1 Å². The summed E-state index contributed by atoms with van der Waals surface area (Å²) in [6.45, 7) is 1.62. The van der Waals surface area contributed by atoms with Crippen LogP contribution in [0.25, 0.3) is 0 Å². The second-order valence-electron chi connectivity index (χ2n) is 3.20. The molecule has 0 atom stereocenters. The van der Waals surface area contributed by atoms with Crippen molar-refractivity contribution < 1.29 is 5.11 Å². The Balaban J connectivity index is 3.24. The van der Waals surface area contributed by atoms with Crippen LogP contribution in [0.1, 0.15) is 12.5 Å². The number of hydrogen-bond acceptors (Lipinski definition) is 5. The van der Waals surface area contributed by atoms with Gasteiger partial charge < -0.3 is 10.8 Å². The number of para-hydroxylation sites is 1. The summed E-state index contributed by atoms with van der Waals surface area (Å²) in [7, 11) is 0. The fourth-order valence-corrected chi connectivity index (χ4v) is 1.21. The lowest BCUT2D eigenvalue weighted by Crippen LogP contribution is -2.01. The number of nitrogens with two attached hydrogens (primary N) is 1. The largest absolute Gasteiger partial charge is 0.507 e. The van der Waals surface area contributed by atoms with E-state index >= 15 is 0 Å². The molecular weight excluding hydrogens is 216 g/mol. The number of aliphatic imine (C=N–C) groups is 1. The summed E-state index contributed by atoms with van der Waals surface area (Å²) in [6.07, 6.45) is 0. The van der Waals surface area contributed by atoms with Crippen molar-refractivity contribution in [1.29, 1.82) is 10.5 Å². The average Bonchev–Trinajstić information content (AvgIpc) is 2.35. The number of nitriles is 2. The number of phenolic OH excluding ortho intramolecular Hbond substituents is 1. The van der Waals surface area contributed by atoms with Gasteiger partial charge in [-0.3, -0.25) is 0 Å². The van der Waals surface area contributed by atoms with Gasteiger partial charge in [0.2, 0.25) is 0 Å². The molecule has 1 aromatic rings. The highest BCUT2D eigenvalue weighted by Crippen LogP contribution is 2.17. The third-order valence-electron chi connectivity index (χ3n) is 2.05. The Morgan fingerprint density at radius 3 is 2.47 bits per heavy atom. The molecule has 0 fully saturated rings. The minimum absolute atomic E-state index is 0.0570. The van der Waals surface area contributed by atoms with Crippen molar-refractivity contribution in [3.8, 4) is 17.9 Å². The zero-order valence-electron chi connectivity index (χ0n) is 9.18. The Bertz CT molecular complexity index is 573. The highest BCUT2D eigenvalue weighted by Gasteiger charge is 2.06. The molecule has 0 aliphatic carbocycles. The van der Waals surface area contributed by atoms with Crippen LogP contribution in [0.3, 0.4) is 0 Å². The van der Waals surface area contributed by atoms with Crippen LogP contribution in [-0.4, -0.2) is 10.8 Å². The molecular formula is C12H10N4O.